The summed E-state index contributed by atoms with van der Waals surface area (Å²) in [5, 5.41) is 11.7. The number of carboxylic acid groups (broad SMARTS) is 1. The molecular weight excluding hydrogens is 475 g/mol. The number of halogens is 1. The highest BCUT2D eigenvalue weighted by molar-refractivity contribution is 5.84. The normalized spacial score (nSPS) is 15.2. The molecule has 1 atom stereocenters. The van der Waals surface area contributed by atoms with E-state index in [0.29, 0.717) is 44.5 Å². The molecule has 1 fully saturated rings. The van der Waals surface area contributed by atoms with Crippen LogP contribution < -0.4 is 10.1 Å². The predicted molar refractivity (Wildman–Crippen MR) is 139 cm³/mol. The zero-order valence-corrected chi connectivity index (χ0v) is 21.8. The first kappa shape index (κ1) is 28.2. The van der Waals surface area contributed by atoms with Crippen molar-refractivity contribution in [2.24, 2.45) is 5.92 Å². The van der Waals surface area contributed by atoms with E-state index in [1.165, 1.54) is 12.1 Å². The van der Waals surface area contributed by atoms with Crippen molar-refractivity contribution >= 4 is 17.8 Å². The van der Waals surface area contributed by atoms with Gasteiger partial charge in [0.05, 0.1) is 12.3 Å². The standard InChI is InChI=1S/C29H37FN2O5/c1-29(2,3)37-24-10-8-21(9-11-24)27(28(36)31-16-13-26(34)35)22-14-17-32(18-15-22)25(33)12-7-20-5-4-6-23(30)19-20/h4-6,8-11,19,22,27H,7,12-18H2,1-3H3,(H,31,36)(H,34,35)/t27-/m1/s1. The molecule has 2 amide bonds. The van der Waals surface area contributed by atoms with E-state index in [-0.39, 0.29) is 42.1 Å². The molecule has 0 saturated carbocycles. The number of hydrogen-bond donors (Lipinski definition) is 2. The summed E-state index contributed by atoms with van der Waals surface area (Å²) < 4.78 is 19.3. The first-order valence-electron chi connectivity index (χ1n) is 12.8. The SMILES string of the molecule is CC(C)(C)Oc1ccc([C@@H](C(=O)NCCC(=O)O)C2CCN(C(=O)CCc3cccc(F)c3)CC2)cc1. The number of amides is 2. The molecule has 7 nitrogen and oxygen atoms in total. The van der Waals surface area contributed by atoms with Crippen LogP contribution in [0.1, 0.15) is 63.5 Å². The Kier molecular flexibility index (Phi) is 9.66. The van der Waals surface area contributed by atoms with Crippen LogP contribution in [0, 0.1) is 11.7 Å². The van der Waals surface area contributed by atoms with E-state index in [9.17, 15) is 18.8 Å². The number of carbonyl (C=O) groups excluding carboxylic acids is 2. The maximum Gasteiger partial charge on any atom is 0.305 e. The summed E-state index contributed by atoms with van der Waals surface area (Å²) in [7, 11) is 0. The summed E-state index contributed by atoms with van der Waals surface area (Å²) in [4.78, 5) is 38.7. The second-order valence-corrected chi connectivity index (χ2v) is 10.5. The van der Waals surface area contributed by atoms with Gasteiger partial charge in [0.2, 0.25) is 11.8 Å². The number of aliphatic carboxylic acids is 1. The number of piperidine rings is 1. The van der Waals surface area contributed by atoms with E-state index >= 15 is 0 Å². The number of ether oxygens (including phenoxy) is 1. The van der Waals surface area contributed by atoms with Crippen molar-refractivity contribution in [2.75, 3.05) is 19.6 Å². The van der Waals surface area contributed by atoms with Crippen LogP contribution in [0.2, 0.25) is 0 Å². The van der Waals surface area contributed by atoms with Gasteiger partial charge in [-0.05, 0) is 81.3 Å². The topological polar surface area (TPSA) is 95.9 Å². The third-order valence-electron chi connectivity index (χ3n) is 6.46. The minimum Gasteiger partial charge on any atom is -0.488 e. The lowest BCUT2D eigenvalue weighted by molar-refractivity contribution is -0.137. The molecule has 8 heteroatoms. The number of benzene rings is 2. The molecule has 0 bridgehead atoms. The van der Waals surface area contributed by atoms with Gasteiger partial charge in [-0.3, -0.25) is 14.4 Å². The molecule has 37 heavy (non-hydrogen) atoms. The number of hydrogen-bond acceptors (Lipinski definition) is 4. The number of nitrogens with zero attached hydrogens (tertiary/aromatic N) is 1. The van der Waals surface area contributed by atoms with Crippen molar-refractivity contribution in [1.82, 2.24) is 10.2 Å². The maximum absolute atomic E-state index is 13.4. The molecular formula is C29H37FN2O5. The largest absolute Gasteiger partial charge is 0.488 e. The third kappa shape index (κ3) is 8.88. The summed E-state index contributed by atoms with van der Waals surface area (Å²) in [5.74, 6) is -1.20. The number of aryl methyl sites for hydroxylation is 1. The quantitative estimate of drug-likeness (QED) is 0.487. The Balaban J connectivity index is 1.64. The molecule has 2 aromatic rings. The van der Waals surface area contributed by atoms with Gasteiger partial charge in [0.15, 0.2) is 0 Å². The Labute approximate surface area is 218 Å². The van der Waals surface area contributed by atoms with E-state index < -0.39 is 11.9 Å². The highest BCUT2D eigenvalue weighted by Crippen LogP contribution is 2.34. The summed E-state index contributed by atoms with van der Waals surface area (Å²) in [5.41, 5.74) is 1.29. The molecule has 2 aromatic carbocycles. The molecule has 1 heterocycles. The average molecular weight is 513 g/mol. The van der Waals surface area contributed by atoms with Gasteiger partial charge in [0.1, 0.15) is 17.2 Å². The Morgan fingerprint density at radius 1 is 1.08 bits per heavy atom. The van der Waals surface area contributed by atoms with E-state index in [1.807, 2.05) is 56.0 Å². The van der Waals surface area contributed by atoms with Gasteiger partial charge in [0.25, 0.3) is 0 Å². The lowest BCUT2D eigenvalue weighted by Gasteiger charge is -2.36. The fourth-order valence-electron chi connectivity index (χ4n) is 4.72. The van der Waals surface area contributed by atoms with Gasteiger partial charge in [-0.25, -0.2) is 4.39 Å². The minimum absolute atomic E-state index is 0.00600. The minimum atomic E-state index is -0.967. The van der Waals surface area contributed by atoms with Crippen molar-refractivity contribution in [3.8, 4) is 5.75 Å². The maximum atomic E-state index is 13.4. The summed E-state index contributed by atoms with van der Waals surface area (Å²) in [6.07, 6.45) is 1.96. The molecule has 0 aromatic heterocycles. The summed E-state index contributed by atoms with van der Waals surface area (Å²) in [6.45, 7) is 7.04. The second kappa shape index (κ2) is 12.7. The molecule has 3 rings (SSSR count). The van der Waals surface area contributed by atoms with E-state index in [1.54, 1.807) is 6.07 Å². The molecule has 0 spiro atoms. The van der Waals surface area contributed by atoms with Crippen molar-refractivity contribution in [1.29, 1.82) is 0 Å². The number of likely N-dealkylation sites (tertiary alicyclic amines) is 1. The molecule has 1 saturated heterocycles. The molecule has 0 unspecified atom stereocenters. The fourth-order valence-corrected chi connectivity index (χ4v) is 4.72. The van der Waals surface area contributed by atoms with E-state index in [0.717, 1.165) is 11.1 Å². The lowest BCUT2D eigenvalue weighted by Crippen LogP contribution is -2.43. The Bertz CT molecular complexity index is 1070. The molecule has 2 N–H and O–H groups in total. The van der Waals surface area contributed by atoms with Crippen LogP contribution in [0.3, 0.4) is 0 Å². The fraction of sp³-hybridized carbons (Fsp3) is 0.483. The first-order chi connectivity index (χ1) is 17.5. The Morgan fingerprint density at radius 2 is 1.76 bits per heavy atom. The van der Waals surface area contributed by atoms with Crippen LogP contribution in [0.15, 0.2) is 48.5 Å². The second-order valence-electron chi connectivity index (χ2n) is 10.5. The Morgan fingerprint density at radius 3 is 2.35 bits per heavy atom. The molecule has 1 aliphatic rings. The van der Waals surface area contributed by atoms with Gasteiger partial charge in [-0.15, -0.1) is 0 Å². The highest BCUT2D eigenvalue weighted by atomic mass is 19.1. The van der Waals surface area contributed by atoms with Crippen molar-refractivity contribution < 1.29 is 28.6 Å². The van der Waals surface area contributed by atoms with Crippen LogP contribution in [-0.4, -0.2) is 53.0 Å². The van der Waals surface area contributed by atoms with Gasteiger partial charge in [0, 0.05) is 26.1 Å². The number of nitrogens with one attached hydrogen (secondary N) is 1. The van der Waals surface area contributed by atoms with E-state index in [2.05, 4.69) is 5.32 Å². The van der Waals surface area contributed by atoms with Gasteiger partial charge in [-0.2, -0.15) is 0 Å². The first-order valence-corrected chi connectivity index (χ1v) is 12.8. The molecule has 0 radical (unpaired) electrons. The molecule has 200 valence electrons. The van der Waals surface area contributed by atoms with Crippen molar-refractivity contribution in [2.45, 2.75) is 64.4 Å². The molecule has 0 aliphatic carbocycles. The zero-order valence-electron chi connectivity index (χ0n) is 21.8. The van der Waals surface area contributed by atoms with Crippen LogP contribution in [0.4, 0.5) is 4.39 Å². The predicted octanol–water partition coefficient (Wildman–Crippen LogP) is 4.55. The third-order valence-corrected chi connectivity index (χ3v) is 6.46. The van der Waals surface area contributed by atoms with Crippen LogP contribution in [0.25, 0.3) is 0 Å². The Hall–Kier alpha value is -3.42. The van der Waals surface area contributed by atoms with Crippen molar-refractivity contribution in [3.05, 3.63) is 65.5 Å². The van der Waals surface area contributed by atoms with E-state index in [4.69, 9.17) is 9.84 Å². The lowest BCUT2D eigenvalue weighted by atomic mass is 9.79. The van der Waals surface area contributed by atoms with Crippen LogP contribution >= 0.6 is 0 Å². The smallest absolute Gasteiger partial charge is 0.305 e. The van der Waals surface area contributed by atoms with Gasteiger partial charge >= 0.3 is 5.97 Å². The molecule has 1 aliphatic heterocycles. The number of carboxylic acids is 1. The highest BCUT2D eigenvalue weighted by Gasteiger charge is 2.34. The van der Waals surface area contributed by atoms with Crippen LogP contribution in [-0.2, 0) is 20.8 Å². The number of rotatable bonds is 10. The zero-order chi connectivity index (χ0) is 27.0. The average Bonchev–Trinajstić information content (AvgIpc) is 2.83. The number of carbonyl (C=O) groups is 3. The monoisotopic (exact) mass is 512 g/mol. The summed E-state index contributed by atoms with van der Waals surface area (Å²) >= 11 is 0. The van der Waals surface area contributed by atoms with Crippen molar-refractivity contribution in [3.63, 3.8) is 0 Å². The van der Waals surface area contributed by atoms with Gasteiger partial charge in [-0.1, -0.05) is 24.3 Å². The van der Waals surface area contributed by atoms with Crippen LogP contribution in [0.5, 0.6) is 5.75 Å². The summed E-state index contributed by atoms with van der Waals surface area (Å²) in [6, 6.07) is 13.8. The van der Waals surface area contributed by atoms with Gasteiger partial charge < -0.3 is 20.1 Å².